The van der Waals surface area contributed by atoms with Crippen molar-refractivity contribution in [1.29, 1.82) is 0 Å². The van der Waals surface area contributed by atoms with Crippen molar-refractivity contribution >= 4 is 44.0 Å². The summed E-state index contributed by atoms with van der Waals surface area (Å²) in [5.41, 5.74) is 0.820. The van der Waals surface area contributed by atoms with Gasteiger partial charge >= 0.3 is 5.97 Å². The van der Waals surface area contributed by atoms with Crippen LogP contribution in [-0.2, 0) is 19.6 Å². The zero-order chi connectivity index (χ0) is 27.1. The third-order valence-corrected chi connectivity index (χ3v) is 7.53. The van der Waals surface area contributed by atoms with Crippen LogP contribution in [0.2, 0.25) is 0 Å². The van der Waals surface area contributed by atoms with E-state index in [1.807, 2.05) is 25.1 Å². The number of sulfonamides is 1. The maximum Gasteiger partial charge on any atom is 0.338 e. The number of hydrogen-bond donors (Lipinski definition) is 1. The van der Waals surface area contributed by atoms with E-state index in [4.69, 9.17) is 9.47 Å². The maximum absolute atomic E-state index is 14.1. The Morgan fingerprint density at radius 1 is 0.842 bits per heavy atom. The molecule has 0 bridgehead atoms. The van der Waals surface area contributed by atoms with Gasteiger partial charge in [0.25, 0.3) is 10.0 Å². The molecule has 0 spiro atoms. The molecule has 4 aromatic rings. The summed E-state index contributed by atoms with van der Waals surface area (Å²) in [6, 6.07) is 24.9. The molecule has 4 aromatic carbocycles. The fourth-order valence-corrected chi connectivity index (χ4v) is 5.62. The van der Waals surface area contributed by atoms with E-state index in [2.05, 4.69) is 5.32 Å². The summed E-state index contributed by atoms with van der Waals surface area (Å²) in [5, 5.41) is 4.00. The maximum atomic E-state index is 14.1. The number of hydrogen-bond acceptors (Lipinski definition) is 6. The van der Waals surface area contributed by atoms with Crippen molar-refractivity contribution in [2.45, 2.75) is 18.7 Å². The summed E-state index contributed by atoms with van der Waals surface area (Å²) < 4.78 is 39.7. The van der Waals surface area contributed by atoms with Gasteiger partial charge in [-0.2, -0.15) is 0 Å². The minimum atomic E-state index is -4.24. The second-order valence-electron chi connectivity index (χ2n) is 8.27. The van der Waals surface area contributed by atoms with Gasteiger partial charge in [-0.15, -0.1) is 0 Å². The Labute approximate surface area is 221 Å². The molecule has 0 aliphatic heterocycles. The number of benzene rings is 4. The van der Waals surface area contributed by atoms with Gasteiger partial charge < -0.3 is 14.8 Å². The first-order valence-electron chi connectivity index (χ1n) is 12.1. The molecule has 0 aliphatic rings. The molecule has 0 aromatic heterocycles. The predicted octanol–water partition coefficient (Wildman–Crippen LogP) is 5.25. The molecule has 0 fully saturated rings. The minimum Gasteiger partial charge on any atom is -0.494 e. The smallest absolute Gasteiger partial charge is 0.338 e. The standard InChI is InChI=1S/C29H28N2O6S/c1-3-36-25-17-15-23(16-18-25)30-28(32)20-31(24-12-7-11-22(19-24)29(33)37-4-2)38(34,35)27-14-8-10-21-9-5-6-13-26(21)27/h5-19H,3-4,20H2,1-2H3,(H,30,32). The molecular weight excluding hydrogens is 504 g/mol. The van der Waals surface area contributed by atoms with Crippen LogP contribution in [-0.4, -0.2) is 40.1 Å². The average Bonchev–Trinajstić information content (AvgIpc) is 2.92. The van der Waals surface area contributed by atoms with E-state index in [-0.39, 0.29) is 22.8 Å². The third kappa shape index (κ3) is 5.95. The number of fused-ring (bicyclic) bond motifs is 1. The van der Waals surface area contributed by atoms with Crippen LogP contribution in [0.25, 0.3) is 10.8 Å². The highest BCUT2D eigenvalue weighted by Crippen LogP contribution is 2.30. The second-order valence-corrected chi connectivity index (χ2v) is 10.1. The van der Waals surface area contributed by atoms with Crippen molar-refractivity contribution in [3.63, 3.8) is 0 Å². The van der Waals surface area contributed by atoms with E-state index in [9.17, 15) is 18.0 Å². The fourth-order valence-electron chi connectivity index (χ4n) is 3.99. The Morgan fingerprint density at radius 3 is 2.29 bits per heavy atom. The number of nitrogens with one attached hydrogen (secondary N) is 1. The zero-order valence-electron chi connectivity index (χ0n) is 21.1. The first-order chi connectivity index (χ1) is 18.3. The Morgan fingerprint density at radius 2 is 1.55 bits per heavy atom. The average molecular weight is 533 g/mol. The van der Waals surface area contributed by atoms with E-state index in [0.29, 0.717) is 23.4 Å². The molecule has 0 aliphatic carbocycles. The lowest BCUT2D eigenvalue weighted by Gasteiger charge is -2.25. The van der Waals surface area contributed by atoms with Gasteiger partial charge in [0.05, 0.1) is 29.4 Å². The summed E-state index contributed by atoms with van der Waals surface area (Å²) in [7, 11) is -4.24. The number of amides is 1. The van der Waals surface area contributed by atoms with Crippen molar-refractivity contribution < 1.29 is 27.5 Å². The molecule has 38 heavy (non-hydrogen) atoms. The number of nitrogens with zero attached hydrogens (tertiary/aromatic N) is 1. The summed E-state index contributed by atoms with van der Waals surface area (Å²) in [6.07, 6.45) is 0. The SMILES string of the molecule is CCOC(=O)c1cccc(N(CC(=O)Nc2ccc(OCC)cc2)S(=O)(=O)c2cccc3ccccc23)c1. The molecular formula is C29H28N2O6S. The van der Waals surface area contributed by atoms with Crippen LogP contribution in [0.1, 0.15) is 24.2 Å². The van der Waals surface area contributed by atoms with Gasteiger partial charge in [-0.05, 0) is 67.8 Å². The van der Waals surface area contributed by atoms with Gasteiger partial charge in [-0.1, -0.05) is 42.5 Å². The molecule has 8 nitrogen and oxygen atoms in total. The van der Waals surface area contributed by atoms with Gasteiger partial charge in [0.2, 0.25) is 5.91 Å². The highest BCUT2D eigenvalue weighted by Gasteiger charge is 2.29. The molecule has 0 atom stereocenters. The molecule has 9 heteroatoms. The lowest BCUT2D eigenvalue weighted by Crippen LogP contribution is -2.38. The summed E-state index contributed by atoms with van der Waals surface area (Å²) in [5.74, 6) is -0.489. The number of rotatable bonds is 10. The van der Waals surface area contributed by atoms with Crippen molar-refractivity contribution in [1.82, 2.24) is 0 Å². The molecule has 0 unspecified atom stereocenters. The third-order valence-electron chi connectivity index (χ3n) is 5.70. The number of carbonyl (C=O) groups excluding carboxylic acids is 2. The summed E-state index contributed by atoms with van der Waals surface area (Å²) >= 11 is 0. The second kappa shape index (κ2) is 11.8. The first-order valence-corrected chi connectivity index (χ1v) is 13.6. The summed E-state index contributed by atoms with van der Waals surface area (Å²) in [4.78, 5) is 25.5. The quantitative estimate of drug-likeness (QED) is 0.280. The Kier molecular flexibility index (Phi) is 8.28. The van der Waals surface area contributed by atoms with Crippen LogP contribution in [0.5, 0.6) is 5.75 Å². The zero-order valence-corrected chi connectivity index (χ0v) is 21.9. The number of esters is 1. The van der Waals surface area contributed by atoms with Gasteiger partial charge in [-0.25, -0.2) is 13.2 Å². The van der Waals surface area contributed by atoms with Gasteiger partial charge in [0, 0.05) is 11.1 Å². The van der Waals surface area contributed by atoms with Crippen LogP contribution in [0.15, 0.2) is 95.9 Å². The molecule has 4 rings (SSSR count). The predicted molar refractivity (Wildman–Crippen MR) is 147 cm³/mol. The van der Waals surface area contributed by atoms with E-state index >= 15 is 0 Å². The molecule has 1 amide bonds. The Hall–Kier alpha value is -4.37. The van der Waals surface area contributed by atoms with Crippen LogP contribution in [0, 0.1) is 0 Å². The number of ether oxygens (including phenoxy) is 2. The summed E-state index contributed by atoms with van der Waals surface area (Å²) in [6.45, 7) is 3.72. The minimum absolute atomic E-state index is 0.0472. The molecule has 1 N–H and O–H groups in total. The number of anilines is 2. The molecule has 0 radical (unpaired) electrons. The van der Waals surface area contributed by atoms with E-state index in [0.717, 1.165) is 9.69 Å². The van der Waals surface area contributed by atoms with Crippen LogP contribution in [0.4, 0.5) is 11.4 Å². The van der Waals surface area contributed by atoms with Crippen LogP contribution in [0.3, 0.4) is 0 Å². The normalized spacial score (nSPS) is 11.1. The van der Waals surface area contributed by atoms with Gasteiger partial charge in [-0.3, -0.25) is 9.10 Å². The van der Waals surface area contributed by atoms with Crippen molar-refractivity contribution in [3.05, 3.63) is 96.6 Å². The first kappa shape index (κ1) is 26.7. The van der Waals surface area contributed by atoms with Crippen molar-refractivity contribution in [3.8, 4) is 5.75 Å². The number of carbonyl (C=O) groups is 2. The molecule has 196 valence electrons. The van der Waals surface area contributed by atoms with Crippen LogP contribution < -0.4 is 14.4 Å². The van der Waals surface area contributed by atoms with Crippen molar-refractivity contribution in [2.24, 2.45) is 0 Å². The van der Waals surface area contributed by atoms with Crippen molar-refractivity contribution in [2.75, 3.05) is 29.4 Å². The highest BCUT2D eigenvalue weighted by atomic mass is 32.2. The lowest BCUT2D eigenvalue weighted by atomic mass is 10.1. The van der Waals surface area contributed by atoms with Crippen LogP contribution >= 0.6 is 0 Å². The van der Waals surface area contributed by atoms with Gasteiger partial charge in [0.15, 0.2) is 0 Å². The van der Waals surface area contributed by atoms with E-state index < -0.39 is 28.4 Å². The largest absolute Gasteiger partial charge is 0.494 e. The molecule has 0 saturated heterocycles. The monoisotopic (exact) mass is 532 g/mol. The van der Waals surface area contributed by atoms with Gasteiger partial charge in [0.1, 0.15) is 12.3 Å². The molecule has 0 saturated carbocycles. The topological polar surface area (TPSA) is 102 Å². The van der Waals surface area contributed by atoms with E-state index in [1.54, 1.807) is 55.5 Å². The lowest BCUT2D eigenvalue weighted by molar-refractivity contribution is -0.114. The highest BCUT2D eigenvalue weighted by molar-refractivity contribution is 7.93. The Balaban J connectivity index is 1.73. The van der Waals surface area contributed by atoms with E-state index in [1.165, 1.54) is 24.3 Å². The Bertz CT molecular complexity index is 1550. The fraction of sp³-hybridized carbons (Fsp3) is 0.172. The molecule has 0 heterocycles.